The van der Waals surface area contributed by atoms with Crippen LogP contribution in [0.25, 0.3) is 0 Å². The van der Waals surface area contributed by atoms with Gasteiger partial charge in [0, 0.05) is 25.7 Å². The number of amides is 2. The van der Waals surface area contributed by atoms with E-state index in [2.05, 4.69) is 5.32 Å². The fourth-order valence-corrected chi connectivity index (χ4v) is 2.61. The van der Waals surface area contributed by atoms with E-state index < -0.39 is 5.97 Å². The van der Waals surface area contributed by atoms with E-state index in [9.17, 15) is 14.4 Å². The standard InChI is InChI=1S/C17H22N2O5/c1-11-8-19(9-12(2)24-11)16(21)10-23-17(22)14-5-4-6-15(7-14)18-13(3)20/h4-7,11-12H,8-10H2,1-3H3,(H,18,20)/t11-,12-/m1/s1. The molecule has 1 heterocycles. The van der Waals surface area contributed by atoms with Crippen LogP contribution in [0.15, 0.2) is 24.3 Å². The van der Waals surface area contributed by atoms with E-state index in [0.717, 1.165) is 0 Å². The summed E-state index contributed by atoms with van der Waals surface area (Å²) < 4.78 is 10.7. The van der Waals surface area contributed by atoms with Crippen molar-refractivity contribution in [1.82, 2.24) is 4.90 Å². The van der Waals surface area contributed by atoms with Crippen molar-refractivity contribution >= 4 is 23.5 Å². The van der Waals surface area contributed by atoms with Gasteiger partial charge in [-0.15, -0.1) is 0 Å². The smallest absolute Gasteiger partial charge is 0.338 e. The van der Waals surface area contributed by atoms with Gasteiger partial charge in [-0.3, -0.25) is 9.59 Å². The second-order valence-corrected chi connectivity index (χ2v) is 5.89. The van der Waals surface area contributed by atoms with Crippen molar-refractivity contribution in [3.8, 4) is 0 Å². The molecule has 1 fully saturated rings. The Morgan fingerprint density at radius 1 is 1.25 bits per heavy atom. The Morgan fingerprint density at radius 2 is 1.92 bits per heavy atom. The van der Waals surface area contributed by atoms with Gasteiger partial charge in [0.2, 0.25) is 5.91 Å². The van der Waals surface area contributed by atoms with Crippen molar-refractivity contribution in [2.75, 3.05) is 25.0 Å². The van der Waals surface area contributed by atoms with Crippen LogP contribution in [0.2, 0.25) is 0 Å². The molecule has 1 aliphatic rings. The average Bonchev–Trinajstić information content (AvgIpc) is 2.51. The molecule has 1 aromatic rings. The first-order chi connectivity index (χ1) is 11.3. The third kappa shape index (κ3) is 5.06. The third-order valence-corrected chi connectivity index (χ3v) is 3.52. The van der Waals surface area contributed by atoms with Gasteiger partial charge in [0.25, 0.3) is 5.91 Å². The van der Waals surface area contributed by atoms with E-state index >= 15 is 0 Å². The van der Waals surface area contributed by atoms with Gasteiger partial charge in [0.05, 0.1) is 17.8 Å². The molecule has 1 aromatic carbocycles. The molecular formula is C17H22N2O5. The van der Waals surface area contributed by atoms with Crippen LogP contribution in [-0.4, -0.2) is 54.6 Å². The van der Waals surface area contributed by atoms with Crippen LogP contribution < -0.4 is 5.32 Å². The van der Waals surface area contributed by atoms with E-state index in [0.29, 0.717) is 18.8 Å². The molecule has 2 amide bonds. The van der Waals surface area contributed by atoms with Crippen LogP contribution in [0, 0.1) is 0 Å². The molecule has 0 spiro atoms. The summed E-state index contributed by atoms with van der Waals surface area (Å²) in [6.07, 6.45) is -0.0783. The highest BCUT2D eigenvalue weighted by Crippen LogP contribution is 2.13. The van der Waals surface area contributed by atoms with Gasteiger partial charge in [-0.05, 0) is 32.0 Å². The summed E-state index contributed by atoms with van der Waals surface area (Å²) in [5.74, 6) is -1.08. The quantitative estimate of drug-likeness (QED) is 0.842. The van der Waals surface area contributed by atoms with Gasteiger partial charge in [-0.25, -0.2) is 4.79 Å². The van der Waals surface area contributed by atoms with E-state index in [1.807, 2.05) is 13.8 Å². The van der Waals surface area contributed by atoms with E-state index in [4.69, 9.17) is 9.47 Å². The Hall–Kier alpha value is -2.41. The third-order valence-electron chi connectivity index (χ3n) is 3.52. The minimum atomic E-state index is -0.607. The predicted molar refractivity (Wildman–Crippen MR) is 87.6 cm³/mol. The fraction of sp³-hybridized carbons (Fsp3) is 0.471. The SMILES string of the molecule is CC(=O)Nc1cccc(C(=O)OCC(=O)N2C[C@@H](C)O[C@H](C)C2)c1. The van der Waals surface area contributed by atoms with Crippen LogP contribution in [0.5, 0.6) is 0 Å². The first kappa shape index (κ1) is 17.9. The highest BCUT2D eigenvalue weighted by Gasteiger charge is 2.26. The Bertz CT molecular complexity index is 621. The number of carbonyl (C=O) groups is 3. The van der Waals surface area contributed by atoms with Crippen LogP contribution in [-0.2, 0) is 19.1 Å². The zero-order valence-electron chi connectivity index (χ0n) is 14.1. The molecular weight excluding hydrogens is 312 g/mol. The van der Waals surface area contributed by atoms with Gasteiger partial charge >= 0.3 is 5.97 Å². The summed E-state index contributed by atoms with van der Waals surface area (Å²) in [4.78, 5) is 36.9. The molecule has 130 valence electrons. The molecule has 24 heavy (non-hydrogen) atoms. The number of nitrogens with zero attached hydrogens (tertiary/aromatic N) is 1. The summed E-state index contributed by atoms with van der Waals surface area (Å²) in [5, 5.41) is 2.59. The van der Waals surface area contributed by atoms with Crippen molar-refractivity contribution in [1.29, 1.82) is 0 Å². The number of ether oxygens (including phenoxy) is 2. The van der Waals surface area contributed by atoms with Gasteiger partial charge in [0.1, 0.15) is 0 Å². The number of carbonyl (C=O) groups excluding carboxylic acids is 3. The molecule has 0 aliphatic carbocycles. The van der Waals surface area contributed by atoms with Crippen LogP contribution in [0.4, 0.5) is 5.69 Å². The number of hydrogen-bond donors (Lipinski definition) is 1. The van der Waals surface area contributed by atoms with Crippen molar-refractivity contribution in [3.63, 3.8) is 0 Å². The lowest BCUT2D eigenvalue weighted by molar-refractivity contribution is -0.146. The Morgan fingerprint density at radius 3 is 2.54 bits per heavy atom. The zero-order valence-corrected chi connectivity index (χ0v) is 14.1. The largest absolute Gasteiger partial charge is 0.452 e. The van der Waals surface area contributed by atoms with Crippen molar-refractivity contribution in [2.24, 2.45) is 0 Å². The molecule has 2 atom stereocenters. The number of esters is 1. The summed E-state index contributed by atoms with van der Waals surface area (Å²) in [6.45, 7) is 5.83. The molecule has 2 rings (SSSR count). The van der Waals surface area contributed by atoms with Crippen molar-refractivity contribution in [2.45, 2.75) is 33.0 Å². The molecule has 7 heteroatoms. The van der Waals surface area contributed by atoms with E-state index in [1.165, 1.54) is 13.0 Å². The summed E-state index contributed by atoms with van der Waals surface area (Å²) in [7, 11) is 0. The molecule has 0 saturated carbocycles. The normalized spacial score (nSPS) is 20.4. The highest BCUT2D eigenvalue weighted by molar-refractivity contribution is 5.94. The molecule has 0 aromatic heterocycles. The van der Waals surface area contributed by atoms with Gasteiger partial charge < -0.3 is 19.7 Å². The number of nitrogens with one attached hydrogen (secondary N) is 1. The Balaban J connectivity index is 1.90. The minimum Gasteiger partial charge on any atom is -0.452 e. The van der Waals surface area contributed by atoms with E-state index in [-0.39, 0.29) is 36.2 Å². The summed E-state index contributed by atoms with van der Waals surface area (Å²) in [6, 6.07) is 6.37. The maximum absolute atomic E-state index is 12.2. The molecule has 1 N–H and O–H groups in total. The molecule has 0 radical (unpaired) electrons. The number of benzene rings is 1. The lowest BCUT2D eigenvalue weighted by Crippen LogP contribution is -2.49. The monoisotopic (exact) mass is 334 g/mol. The molecule has 1 aliphatic heterocycles. The Labute approximate surface area is 140 Å². The van der Waals surface area contributed by atoms with E-state index in [1.54, 1.807) is 23.1 Å². The van der Waals surface area contributed by atoms with Crippen LogP contribution >= 0.6 is 0 Å². The van der Waals surface area contributed by atoms with Crippen molar-refractivity contribution < 1.29 is 23.9 Å². The second kappa shape index (κ2) is 7.92. The van der Waals surface area contributed by atoms with Gasteiger partial charge in [-0.2, -0.15) is 0 Å². The highest BCUT2D eigenvalue weighted by atomic mass is 16.5. The topological polar surface area (TPSA) is 84.9 Å². The van der Waals surface area contributed by atoms with Crippen LogP contribution in [0.3, 0.4) is 0 Å². The fourth-order valence-electron chi connectivity index (χ4n) is 2.61. The van der Waals surface area contributed by atoms with Gasteiger partial charge in [0.15, 0.2) is 6.61 Å². The number of anilines is 1. The Kier molecular flexibility index (Phi) is 5.92. The summed E-state index contributed by atoms with van der Waals surface area (Å²) in [5.41, 5.74) is 0.775. The first-order valence-electron chi connectivity index (χ1n) is 7.83. The number of hydrogen-bond acceptors (Lipinski definition) is 5. The first-order valence-corrected chi connectivity index (χ1v) is 7.83. The average molecular weight is 334 g/mol. The van der Waals surface area contributed by atoms with Gasteiger partial charge in [-0.1, -0.05) is 6.07 Å². The number of morpholine rings is 1. The second-order valence-electron chi connectivity index (χ2n) is 5.89. The van der Waals surface area contributed by atoms with Crippen molar-refractivity contribution in [3.05, 3.63) is 29.8 Å². The summed E-state index contributed by atoms with van der Waals surface area (Å²) >= 11 is 0. The van der Waals surface area contributed by atoms with Crippen LogP contribution in [0.1, 0.15) is 31.1 Å². The maximum atomic E-state index is 12.2. The minimum absolute atomic E-state index is 0.0391. The maximum Gasteiger partial charge on any atom is 0.338 e. The lowest BCUT2D eigenvalue weighted by Gasteiger charge is -2.35. The lowest BCUT2D eigenvalue weighted by atomic mass is 10.2. The molecule has 0 unspecified atom stereocenters. The molecule has 0 bridgehead atoms. The predicted octanol–water partition coefficient (Wildman–Crippen LogP) is 1.44. The molecule has 7 nitrogen and oxygen atoms in total. The number of rotatable bonds is 4. The molecule has 1 saturated heterocycles. The zero-order chi connectivity index (χ0) is 17.7.